The van der Waals surface area contributed by atoms with E-state index in [1.165, 1.54) is 23.5 Å². The monoisotopic (exact) mass is 237 g/mol. The Labute approximate surface area is 90.2 Å². The molecule has 0 radical (unpaired) electrons. The Balaban J connectivity index is 2.36. The zero-order chi connectivity index (χ0) is 10.7. The molecule has 1 N–H and O–H groups in total. The predicted octanol–water partition coefficient (Wildman–Crippen LogP) is 0.265. The van der Waals surface area contributed by atoms with Gasteiger partial charge in [0.05, 0.1) is 5.37 Å². The van der Waals surface area contributed by atoms with Crippen LogP contribution in [0.2, 0.25) is 0 Å². The third-order valence-corrected chi connectivity index (χ3v) is 4.65. The highest BCUT2D eigenvalue weighted by Crippen LogP contribution is 2.39. The van der Waals surface area contributed by atoms with Crippen molar-refractivity contribution in [1.82, 2.24) is 4.90 Å². The molecule has 0 spiro atoms. The molecule has 2 atom stereocenters. The average Bonchev–Trinajstić information content (AvgIpc) is 2.52. The predicted molar refractivity (Wildman–Crippen MR) is 55.0 cm³/mol. The van der Waals surface area contributed by atoms with Crippen LogP contribution in [0.5, 0.6) is 0 Å². The van der Waals surface area contributed by atoms with Gasteiger partial charge in [0.25, 0.3) is 0 Å². The van der Waals surface area contributed by atoms with Crippen molar-refractivity contribution in [2.45, 2.75) is 10.1 Å². The Bertz CT molecular complexity index is 246. The van der Waals surface area contributed by atoms with E-state index in [1.807, 2.05) is 19.0 Å². The minimum absolute atomic E-state index is 0.270. The summed E-state index contributed by atoms with van der Waals surface area (Å²) in [5, 5.41) is 8.58. The van der Waals surface area contributed by atoms with Crippen LogP contribution in [0.25, 0.3) is 0 Å². The SMILES string of the molecule is CN(C)C1CSC(OC(=O)C(=O)O)S1. The molecular formula is C7H11NO4S2. The number of nitrogens with zero attached hydrogens (tertiary/aromatic N) is 1. The summed E-state index contributed by atoms with van der Waals surface area (Å²) in [6, 6.07) is 0. The number of carboxylic acid groups (broad SMARTS) is 1. The van der Waals surface area contributed by atoms with Gasteiger partial charge in [0.2, 0.25) is 0 Å². The van der Waals surface area contributed by atoms with Gasteiger partial charge in [0, 0.05) is 5.75 Å². The summed E-state index contributed by atoms with van der Waals surface area (Å²) in [5.41, 5.74) is 0. The standard InChI is InChI=1S/C7H11NO4S2/c1-8(2)4-3-13-7(14-4)12-6(11)5(9)10/h4,7H,3H2,1-2H3,(H,9,10). The zero-order valence-corrected chi connectivity index (χ0v) is 9.43. The first-order valence-corrected chi connectivity index (χ1v) is 5.87. The van der Waals surface area contributed by atoms with E-state index >= 15 is 0 Å². The van der Waals surface area contributed by atoms with Crippen LogP contribution in [0, 0.1) is 0 Å². The summed E-state index contributed by atoms with van der Waals surface area (Å²) >= 11 is 2.89. The smallest absolute Gasteiger partial charge is 0.419 e. The van der Waals surface area contributed by atoms with Crippen LogP contribution in [0.3, 0.4) is 0 Å². The maximum absolute atomic E-state index is 10.7. The molecule has 7 heteroatoms. The molecule has 1 fully saturated rings. The van der Waals surface area contributed by atoms with E-state index in [9.17, 15) is 9.59 Å². The number of thioether (sulfide) groups is 2. The Hall–Kier alpha value is -0.400. The molecule has 0 aliphatic carbocycles. The number of carbonyl (C=O) groups excluding carboxylic acids is 1. The van der Waals surface area contributed by atoms with Crippen molar-refractivity contribution in [2.24, 2.45) is 0 Å². The number of esters is 1. The van der Waals surface area contributed by atoms with Crippen LogP contribution < -0.4 is 0 Å². The molecule has 1 heterocycles. The van der Waals surface area contributed by atoms with Gasteiger partial charge in [0.1, 0.15) is 0 Å². The molecule has 1 aliphatic rings. The normalized spacial score (nSPS) is 26.5. The summed E-state index contributed by atoms with van der Waals surface area (Å²) in [6.07, 6.45) is 0. The lowest BCUT2D eigenvalue weighted by atomic mass is 10.7. The van der Waals surface area contributed by atoms with Crippen molar-refractivity contribution in [3.63, 3.8) is 0 Å². The second-order valence-corrected chi connectivity index (χ2v) is 5.52. The van der Waals surface area contributed by atoms with Gasteiger partial charge in [-0.3, -0.25) is 4.90 Å². The molecule has 1 aliphatic heterocycles. The van der Waals surface area contributed by atoms with Gasteiger partial charge in [-0.15, -0.1) is 11.8 Å². The zero-order valence-electron chi connectivity index (χ0n) is 7.80. The van der Waals surface area contributed by atoms with E-state index < -0.39 is 16.7 Å². The number of hydrogen-bond acceptors (Lipinski definition) is 6. The van der Waals surface area contributed by atoms with Crippen molar-refractivity contribution in [1.29, 1.82) is 0 Å². The first kappa shape index (κ1) is 11.7. The van der Waals surface area contributed by atoms with E-state index in [4.69, 9.17) is 9.84 Å². The highest BCUT2D eigenvalue weighted by Gasteiger charge is 2.31. The topological polar surface area (TPSA) is 66.8 Å². The van der Waals surface area contributed by atoms with Crippen molar-refractivity contribution < 1.29 is 19.4 Å². The van der Waals surface area contributed by atoms with Crippen LogP contribution in [0.1, 0.15) is 0 Å². The highest BCUT2D eigenvalue weighted by atomic mass is 32.2. The summed E-state index contributed by atoms with van der Waals surface area (Å²) in [5.74, 6) is -1.90. The number of carboxylic acids is 1. The maximum atomic E-state index is 10.7. The van der Waals surface area contributed by atoms with Crippen molar-refractivity contribution in [3.05, 3.63) is 0 Å². The number of hydrogen-bond donors (Lipinski definition) is 1. The van der Waals surface area contributed by atoms with Crippen LogP contribution in [0.15, 0.2) is 0 Å². The van der Waals surface area contributed by atoms with E-state index in [0.29, 0.717) is 0 Å². The Morgan fingerprint density at radius 3 is 2.57 bits per heavy atom. The Morgan fingerprint density at radius 1 is 1.50 bits per heavy atom. The quantitative estimate of drug-likeness (QED) is 0.546. The molecule has 14 heavy (non-hydrogen) atoms. The molecular weight excluding hydrogens is 226 g/mol. The molecule has 2 unspecified atom stereocenters. The largest absolute Gasteiger partial charge is 0.473 e. The lowest BCUT2D eigenvalue weighted by molar-refractivity contribution is -0.163. The van der Waals surface area contributed by atoms with Gasteiger partial charge in [0.15, 0.2) is 4.77 Å². The first-order valence-electron chi connectivity index (χ1n) is 3.88. The molecule has 1 rings (SSSR count). The first-order chi connectivity index (χ1) is 6.50. The fraction of sp³-hybridized carbons (Fsp3) is 0.714. The van der Waals surface area contributed by atoms with E-state index in [-0.39, 0.29) is 5.37 Å². The Morgan fingerprint density at radius 2 is 2.14 bits per heavy atom. The maximum Gasteiger partial charge on any atom is 0.419 e. The van der Waals surface area contributed by atoms with Crippen LogP contribution >= 0.6 is 23.5 Å². The summed E-state index contributed by atoms with van der Waals surface area (Å²) in [7, 11) is 3.86. The van der Waals surface area contributed by atoms with E-state index in [2.05, 4.69) is 0 Å². The molecule has 0 aromatic rings. The molecule has 0 amide bonds. The van der Waals surface area contributed by atoms with Gasteiger partial charge < -0.3 is 9.84 Å². The highest BCUT2D eigenvalue weighted by molar-refractivity contribution is 8.20. The number of rotatable bonds is 2. The van der Waals surface area contributed by atoms with Crippen LogP contribution in [-0.2, 0) is 14.3 Å². The van der Waals surface area contributed by atoms with Crippen molar-refractivity contribution >= 4 is 35.5 Å². The molecule has 0 aromatic heterocycles. The Kier molecular flexibility index (Phi) is 4.09. The number of carbonyl (C=O) groups is 2. The second-order valence-electron chi connectivity index (χ2n) is 2.89. The third kappa shape index (κ3) is 3.07. The third-order valence-electron chi connectivity index (χ3n) is 1.60. The van der Waals surface area contributed by atoms with E-state index in [1.54, 1.807) is 0 Å². The average molecular weight is 237 g/mol. The fourth-order valence-corrected chi connectivity index (χ4v) is 3.74. The van der Waals surface area contributed by atoms with Crippen LogP contribution in [0.4, 0.5) is 0 Å². The minimum atomic E-state index is -1.54. The van der Waals surface area contributed by atoms with Crippen LogP contribution in [-0.4, -0.2) is 51.9 Å². The summed E-state index contributed by atoms with van der Waals surface area (Å²) in [4.78, 5) is 22.9. The van der Waals surface area contributed by atoms with Gasteiger partial charge in [-0.2, -0.15) is 0 Å². The fourth-order valence-electron chi connectivity index (χ4n) is 0.838. The lowest BCUT2D eigenvalue weighted by Gasteiger charge is -2.16. The molecule has 0 aromatic carbocycles. The molecule has 0 saturated carbocycles. The van der Waals surface area contributed by atoms with E-state index in [0.717, 1.165) is 5.75 Å². The molecule has 80 valence electrons. The summed E-state index contributed by atoms with van der Waals surface area (Å²) in [6.45, 7) is 0. The van der Waals surface area contributed by atoms with Crippen molar-refractivity contribution in [3.8, 4) is 0 Å². The molecule has 0 bridgehead atoms. The lowest BCUT2D eigenvalue weighted by Crippen LogP contribution is -2.25. The van der Waals surface area contributed by atoms with Gasteiger partial charge in [-0.05, 0) is 14.1 Å². The van der Waals surface area contributed by atoms with Gasteiger partial charge in [-0.1, -0.05) is 11.8 Å². The second kappa shape index (κ2) is 4.90. The molecule has 5 nitrogen and oxygen atoms in total. The van der Waals surface area contributed by atoms with Crippen molar-refractivity contribution in [2.75, 3.05) is 19.8 Å². The number of aliphatic carboxylic acids is 1. The minimum Gasteiger partial charge on any atom is -0.473 e. The van der Waals surface area contributed by atoms with Gasteiger partial charge >= 0.3 is 11.9 Å². The molecule has 1 saturated heterocycles. The summed E-state index contributed by atoms with van der Waals surface area (Å²) < 4.78 is 4.32. The van der Waals surface area contributed by atoms with Gasteiger partial charge in [-0.25, -0.2) is 9.59 Å². The number of ether oxygens (including phenoxy) is 1.